The summed E-state index contributed by atoms with van der Waals surface area (Å²) in [7, 11) is 0. The molecule has 0 aliphatic heterocycles. The van der Waals surface area contributed by atoms with Crippen molar-refractivity contribution in [3.05, 3.63) is 29.3 Å². The summed E-state index contributed by atoms with van der Waals surface area (Å²) in [6.45, 7) is 6.62. The van der Waals surface area contributed by atoms with Crippen molar-refractivity contribution in [2.75, 3.05) is 13.2 Å². The van der Waals surface area contributed by atoms with Crippen LogP contribution in [0.15, 0.2) is 18.2 Å². The monoisotopic (exact) mass is 237 g/mol. The van der Waals surface area contributed by atoms with E-state index in [9.17, 15) is 4.79 Å². The van der Waals surface area contributed by atoms with Gasteiger partial charge in [0.25, 0.3) is 0 Å². The van der Waals surface area contributed by atoms with Crippen molar-refractivity contribution in [1.29, 1.82) is 0 Å². The Morgan fingerprint density at radius 2 is 1.94 bits per heavy atom. The topological polar surface area (TPSA) is 58.6 Å². The van der Waals surface area contributed by atoms with Crippen LogP contribution in [0.3, 0.4) is 0 Å². The first kappa shape index (κ1) is 13.5. The van der Waals surface area contributed by atoms with E-state index in [0.29, 0.717) is 13.2 Å². The van der Waals surface area contributed by atoms with Crippen LogP contribution in [0.1, 0.15) is 18.1 Å². The van der Waals surface area contributed by atoms with E-state index < -0.39 is 12.0 Å². The second-order valence-corrected chi connectivity index (χ2v) is 4.19. The molecule has 0 aliphatic carbocycles. The third-order valence-electron chi connectivity index (χ3n) is 2.39. The Balaban J connectivity index is 2.33. The molecule has 0 aromatic heterocycles. The molecule has 0 amide bonds. The quantitative estimate of drug-likeness (QED) is 0.740. The normalized spacial score (nSPS) is 12.2. The Morgan fingerprint density at radius 1 is 1.35 bits per heavy atom. The zero-order valence-electron chi connectivity index (χ0n) is 10.5. The molecule has 0 aliphatic rings. The highest BCUT2D eigenvalue weighted by Crippen LogP contribution is 2.15. The average molecular weight is 237 g/mol. The van der Waals surface area contributed by atoms with Crippen molar-refractivity contribution in [3.8, 4) is 5.75 Å². The maximum Gasteiger partial charge on any atom is 0.320 e. The van der Waals surface area contributed by atoms with Crippen LogP contribution >= 0.6 is 0 Å². The average Bonchev–Trinajstić information content (AvgIpc) is 2.22. The highest BCUT2D eigenvalue weighted by Gasteiger charge is 2.08. The van der Waals surface area contributed by atoms with Gasteiger partial charge >= 0.3 is 5.97 Å². The van der Waals surface area contributed by atoms with Crippen LogP contribution in [0.4, 0.5) is 0 Å². The van der Waals surface area contributed by atoms with Crippen molar-refractivity contribution >= 4 is 5.97 Å². The van der Waals surface area contributed by atoms with Gasteiger partial charge in [-0.25, -0.2) is 0 Å². The third kappa shape index (κ3) is 4.87. The van der Waals surface area contributed by atoms with E-state index in [4.69, 9.17) is 9.84 Å². The minimum atomic E-state index is -0.851. The van der Waals surface area contributed by atoms with Gasteiger partial charge in [0.1, 0.15) is 18.4 Å². The molecular weight excluding hydrogens is 218 g/mol. The number of carbonyl (C=O) groups is 1. The van der Waals surface area contributed by atoms with E-state index in [-0.39, 0.29) is 0 Å². The molecule has 0 spiro atoms. The second kappa shape index (κ2) is 6.25. The molecule has 0 radical (unpaired) electrons. The van der Waals surface area contributed by atoms with Gasteiger partial charge in [0.15, 0.2) is 0 Å². The van der Waals surface area contributed by atoms with Crippen LogP contribution in [-0.2, 0) is 4.79 Å². The number of rotatable bonds is 6. The molecule has 0 heterocycles. The number of hydrogen-bond donors (Lipinski definition) is 2. The van der Waals surface area contributed by atoms with Gasteiger partial charge < -0.3 is 15.2 Å². The summed E-state index contributed by atoms with van der Waals surface area (Å²) >= 11 is 0. The van der Waals surface area contributed by atoms with Crippen molar-refractivity contribution in [1.82, 2.24) is 5.32 Å². The number of hydrogen-bond acceptors (Lipinski definition) is 3. The van der Waals surface area contributed by atoms with Crippen molar-refractivity contribution in [2.45, 2.75) is 26.8 Å². The lowest BCUT2D eigenvalue weighted by Gasteiger charge is -2.11. The van der Waals surface area contributed by atoms with E-state index in [0.717, 1.165) is 16.9 Å². The van der Waals surface area contributed by atoms with E-state index in [1.54, 1.807) is 6.92 Å². The maximum atomic E-state index is 10.5. The lowest BCUT2D eigenvalue weighted by molar-refractivity contribution is -0.139. The van der Waals surface area contributed by atoms with Crippen LogP contribution in [0.25, 0.3) is 0 Å². The van der Waals surface area contributed by atoms with Gasteiger partial charge in [-0.2, -0.15) is 0 Å². The number of carboxylic acids is 1. The molecule has 0 unspecified atom stereocenters. The minimum absolute atomic E-state index is 0.459. The first-order valence-electron chi connectivity index (χ1n) is 5.66. The van der Waals surface area contributed by atoms with Crippen LogP contribution in [0, 0.1) is 13.8 Å². The van der Waals surface area contributed by atoms with Gasteiger partial charge in [0.2, 0.25) is 0 Å². The van der Waals surface area contributed by atoms with Gasteiger partial charge in [0, 0.05) is 6.54 Å². The minimum Gasteiger partial charge on any atom is -0.492 e. The fourth-order valence-electron chi connectivity index (χ4n) is 1.55. The van der Waals surface area contributed by atoms with Gasteiger partial charge in [-0.1, -0.05) is 6.07 Å². The summed E-state index contributed by atoms with van der Waals surface area (Å²) in [4.78, 5) is 10.5. The predicted octanol–water partition coefficient (Wildman–Crippen LogP) is 1.74. The molecule has 0 fully saturated rings. The highest BCUT2D eigenvalue weighted by molar-refractivity contribution is 5.72. The molecule has 4 heteroatoms. The number of nitrogens with one attached hydrogen (secondary N) is 1. The van der Waals surface area contributed by atoms with Crippen LogP contribution in [0.2, 0.25) is 0 Å². The molecule has 1 aromatic carbocycles. The van der Waals surface area contributed by atoms with E-state index in [1.165, 1.54) is 0 Å². The smallest absolute Gasteiger partial charge is 0.320 e. The van der Waals surface area contributed by atoms with Crippen LogP contribution < -0.4 is 10.1 Å². The number of aryl methyl sites for hydroxylation is 2. The number of ether oxygens (including phenoxy) is 1. The Morgan fingerprint density at radius 3 is 2.47 bits per heavy atom. The molecule has 2 N–H and O–H groups in total. The third-order valence-corrected chi connectivity index (χ3v) is 2.39. The van der Waals surface area contributed by atoms with Crippen LogP contribution in [-0.4, -0.2) is 30.3 Å². The molecule has 94 valence electrons. The Kier molecular flexibility index (Phi) is 4.97. The summed E-state index contributed by atoms with van der Waals surface area (Å²) in [6, 6.07) is 5.47. The first-order chi connectivity index (χ1) is 7.99. The van der Waals surface area contributed by atoms with Gasteiger partial charge in [-0.3, -0.25) is 4.79 Å². The summed E-state index contributed by atoms with van der Waals surface area (Å²) in [5.41, 5.74) is 2.32. The number of carboxylic acid groups (broad SMARTS) is 1. The van der Waals surface area contributed by atoms with Gasteiger partial charge in [-0.05, 0) is 44.0 Å². The fraction of sp³-hybridized carbons (Fsp3) is 0.462. The number of aliphatic carboxylic acids is 1. The molecule has 1 aromatic rings. The van der Waals surface area contributed by atoms with E-state index >= 15 is 0 Å². The lowest BCUT2D eigenvalue weighted by atomic mass is 10.1. The maximum absolute atomic E-state index is 10.5. The van der Waals surface area contributed by atoms with Gasteiger partial charge in [-0.15, -0.1) is 0 Å². The van der Waals surface area contributed by atoms with Gasteiger partial charge in [0.05, 0.1) is 0 Å². The number of benzene rings is 1. The Labute approximate surface area is 102 Å². The first-order valence-corrected chi connectivity index (χ1v) is 5.66. The Bertz CT molecular complexity index is 370. The largest absolute Gasteiger partial charge is 0.492 e. The standard InChI is InChI=1S/C13H19NO3/c1-9-6-10(2)8-12(7-9)17-5-4-14-11(3)13(15)16/h6-8,11,14H,4-5H2,1-3H3,(H,15,16)/t11-/m1/s1. The predicted molar refractivity (Wildman–Crippen MR) is 66.5 cm³/mol. The zero-order valence-corrected chi connectivity index (χ0v) is 10.5. The van der Waals surface area contributed by atoms with Crippen molar-refractivity contribution in [2.24, 2.45) is 0 Å². The summed E-state index contributed by atoms with van der Waals surface area (Å²) in [5, 5.41) is 11.5. The SMILES string of the molecule is Cc1cc(C)cc(OCCN[C@H](C)C(=O)O)c1. The fourth-order valence-corrected chi connectivity index (χ4v) is 1.55. The molecule has 0 saturated carbocycles. The van der Waals surface area contributed by atoms with E-state index in [2.05, 4.69) is 11.4 Å². The van der Waals surface area contributed by atoms with E-state index in [1.807, 2.05) is 26.0 Å². The lowest BCUT2D eigenvalue weighted by Crippen LogP contribution is -2.36. The van der Waals surface area contributed by atoms with Crippen molar-refractivity contribution in [3.63, 3.8) is 0 Å². The zero-order chi connectivity index (χ0) is 12.8. The molecule has 4 nitrogen and oxygen atoms in total. The summed E-state index contributed by atoms with van der Waals surface area (Å²) < 4.78 is 5.54. The Hall–Kier alpha value is -1.55. The molecule has 17 heavy (non-hydrogen) atoms. The molecular formula is C13H19NO3. The second-order valence-electron chi connectivity index (χ2n) is 4.19. The summed E-state index contributed by atoms with van der Waals surface area (Å²) in [5.74, 6) is -0.0244. The summed E-state index contributed by atoms with van der Waals surface area (Å²) in [6.07, 6.45) is 0. The van der Waals surface area contributed by atoms with Crippen molar-refractivity contribution < 1.29 is 14.6 Å². The highest BCUT2D eigenvalue weighted by atomic mass is 16.5. The molecule has 0 saturated heterocycles. The van der Waals surface area contributed by atoms with Crippen LogP contribution in [0.5, 0.6) is 5.75 Å². The molecule has 1 atom stereocenters. The molecule has 0 bridgehead atoms. The molecule has 1 rings (SSSR count).